The minimum absolute atomic E-state index is 0.0358. The summed E-state index contributed by atoms with van der Waals surface area (Å²) in [6.45, 7) is 14.3. The first kappa shape index (κ1) is 25.5. The van der Waals surface area contributed by atoms with E-state index in [0.29, 0.717) is 18.5 Å². The summed E-state index contributed by atoms with van der Waals surface area (Å²) in [5, 5.41) is 3.47. The van der Waals surface area contributed by atoms with Crippen molar-refractivity contribution in [3.05, 3.63) is 47.2 Å². The molecule has 1 heterocycles. The summed E-state index contributed by atoms with van der Waals surface area (Å²) in [5.74, 6) is -0.388. The number of amides is 1. The molecule has 0 spiro atoms. The first-order valence-electron chi connectivity index (χ1n) is 10.9. The van der Waals surface area contributed by atoms with Crippen molar-refractivity contribution in [1.29, 1.82) is 0 Å². The fourth-order valence-corrected chi connectivity index (χ4v) is 3.10. The van der Waals surface area contributed by atoms with Crippen molar-refractivity contribution >= 4 is 12.1 Å². The van der Waals surface area contributed by atoms with Gasteiger partial charge in [0.15, 0.2) is 0 Å². The molecule has 0 saturated heterocycles. The number of hydrogen-bond donors (Lipinski definition) is 1. The minimum atomic E-state index is -0.583. The number of carbonyl (C=O) groups excluding carboxylic acids is 2. The molecule has 1 atom stereocenters. The van der Waals surface area contributed by atoms with Gasteiger partial charge in [-0.05, 0) is 53.0 Å². The van der Waals surface area contributed by atoms with Gasteiger partial charge in [-0.3, -0.25) is 0 Å². The average molecular weight is 419 g/mol. The van der Waals surface area contributed by atoms with Gasteiger partial charge >= 0.3 is 12.1 Å². The van der Waals surface area contributed by atoms with Gasteiger partial charge in [-0.25, -0.2) is 9.59 Å². The number of nitrogens with one attached hydrogen (secondary N) is 1. The number of benzene rings is 1. The Morgan fingerprint density at radius 1 is 1.17 bits per heavy atom. The van der Waals surface area contributed by atoms with Crippen LogP contribution in [0.25, 0.3) is 0 Å². The third-order valence-electron chi connectivity index (χ3n) is 4.43. The van der Waals surface area contributed by atoms with E-state index in [1.807, 2.05) is 65.0 Å². The third kappa shape index (κ3) is 8.09. The molecule has 0 radical (unpaired) electrons. The summed E-state index contributed by atoms with van der Waals surface area (Å²) < 4.78 is 10.8. The molecule has 1 unspecified atom stereocenters. The molecule has 0 saturated carbocycles. The Hall–Kier alpha value is -2.50. The zero-order chi connectivity index (χ0) is 22.7. The van der Waals surface area contributed by atoms with Gasteiger partial charge in [-0.15, -0.1) is 0 Å². The van der Waals surface area contributed by atoms with Crippen LogP contribution in [0.3, 0.4) is 0 Å². The number of allylic oxidation sites excluding steroid dienone is 1. The SMILES string of the molecule is CC.CCOC(=O)C1=C(NC(C)c2ccccc2)CCCN(C(=O)OC(C)(C)C)C1. The molecule has 0 fully saturated rings. The van der Waals surface area contributed by atoms with Crippen LogP contribution in [0.1, 0.15) is 72.9 Å². The van der Waals surface area contributed by atoms with Crippen LogP contribution in [0.15, 0.2) is 41.6 Å². The van der Waals surface area contributed by atoms with Gasteiger partial charge in [-0.1, -0.05) is 44.2 Å². The maximum absolute atomic E-state index is 12.6. The van der Waals surface area contributed by atoms with Crippen LogP contribution in [0.4, 0.5) is 4.79 Å². The summed E-state index contributed by atoms with van der Waals surface area (Å²) in [5.41, 5.74) is 1.88. The van der Waals surface area contributed by atoms with Gasteiger partial charge in [0.25, 0.3) is 0 Å². The van der Waals surface area contributed by atoms with E-state index in [1.54, 1.807) is 11.8 Å². The molecule has 1 aliphatic heterocycles. The first-order chi connectivity index (χ1) is 14.2. The predicted octanol–water partition coefficient (Wildman–Crippen LogP) is 5.21. The number of esters is 1. The lowest BCUT2D eigenvalue weighted by Gasteiger charge is -2.27. The highest BCUT2D eigenvalue weighted by Gasteiger charge is 2.29. The van der Waals surface area contributed by atoms with Crippen LogP contribution < -0.4 is 5.32 Å². The van der Waals surface area contributed by atoms with Gasteiger partial charge in [0.05, 0.1) is 18.7 Å². The van der Waals surface area contributed by atoms with Gasteiger partial charge < -0.3 is 19.7 Å². The molecule has 30 heavy (non-hydrogen) atoms. The molecule has 0 aliphatic carbocycles. The topological polar surface area (TPSA) is 67.9 Å². The molecule has 168 valence electrons. The van der Waals surface area contributed by atoms with E-state index in [4.69, 9.17) is 9.47 Å². The normalized spacial score (nSPS) is 15.4. The molecule has 1 aliphatic rings. The van der Waals surface area contributed by atoms with Gasteiger partial charge in [0.1, 0.15) is 5.60 Å². The average Bonchev–Trinajstić information content (AvgIpc) is 2.92. The smallest absolute Gasteiger partial charge is 0.410 e. The molecule has 1 N–H and O–H groups in total. The molecule has 1 aromatic rings. The number of nitrogens with zero attached hydrogens (tertiary/aromatic N) is 1. The molecule has 2 rings (SSSR count). The number of hydrogen-bond acceptors (Lipinski definition) is 5. The van der Waals surface area contributed by atoms with Gasteiger partial charge in [0, 0.05) is 18.3 Å². The van der Waals surface area contributed by atoms with Crippen LogP contribution in [0, 0.1) is 0 Å². The Morgan fingerprint density at radius 3 is 2.37 bits per heavy atom. The first-order valence-corrected chi connectivity index (χ1v) is 10.9. The number of rotatable bonds is 5. The van der Waals surface area contributed by atoms with E-state index in [2.05, 4.69) is 12.2 Å². The molecular formula is C24H38N2O4. The third-order valence-corrected chi connectivity index (χ3v) is 4.43. The highest BCUT2D eigenvalue weighted by molar-refractivity contribution is 5.90. The monoisotopic (exact) mass is 418 g/mol. The maximum Gasteiger partial charge on any atom is 0.410 e. The van der Waals surface area contributed by atoms with E-state index in [-0.39, 0.29) is 25.2 Å². The van der Waals surface area contributed by atoms with E-state index in [9.17, 15) is 9.59 Å². The quantitative estimate of drug-likeness (QED) is 0.665. The Kier molecular flexibility index (Phi) is 10.4. The van der Waals surface area contributed by atoms with E-state index in [0.717, 1.165) is 17.7 Å². The molecular weight excluding hydrogens is 380 g/mol. The molecule has 6 nitrogen and oxygen atoms in total. The van der Waals surface area contributed by atoms with Crippen molar-refractivity contribution in [3.8, 4) is 0 Å². The molecule has 0 aromatic heterocycles. The van der Waals surface area contributed by atoms with Crippen LogP contribution in [0.2, 0.25) is 0 Å². The standard InChI is InChI=1S/C22H32N2O4.C2H6/c1-6-27-20(25)18-15-24(21(26)28-22(3,4)5)14-10-13-19(18)23-16(2)17-11-8-7-9-12-17;1-2/h7-9,11-12,16,23H,6,10,13-15H2,1-5H3;1-2H3. The lowest BCUT2D eigenvalue weighted by Crippen LogP contribution is -2.39. The Morgan fingerprint density at radius 2 is 1.80 bits per heavy atom. The van der Waals surface area contributed by atoms with Crippen molar-refractivity contribution < 1.29 is 19.1 Å². The lowest BCUT2D eigenvalue weighted by atomic mass is 10.1. The second-order valence-electron chi connectivity index (χ2n) is 7.96. The van der Waals surface area contributed by atoms with Crippen molar-refractivity contribution in [2.45, 2.75) is 73.0 Å². The van der Waals surface area contributed by atoms with Gasteiger partial charge in [0.2, 0.25) is 0 Å². The summed E-state index contributed by atoms with van der Waals surface area (Å²) in [4.78, 5) is 26.8. The van der Waals surface area contributed by atoms with E-state index < -0.39 is 11.7 Å². The zero-order valence-corrected chi connectivity index (χ0v) is 19.6. The van der Waals surface area contributed by atoms with Crippen LogP contribution in [0.5, 0.6) is 0 Å². The van der Waals surface area contributed by atoms with E-state index in [1.165, 1.54) is 0 Å². The molecule has 6 heteroatoms. The number of carbonyl (C=O) groups is 2. The van der Waals surface area contributed by atoms with Crippen LogP contribution >= 0.6 is 0 Å². The highest BCUT2D eigenvalue weighted by Crippen LogP contribution is 2.23. The summed E-state index contributed by atoms with van der Waals surface area (Å²) >= 11 is 0. The summed E-state index contributed by atoms with van der Waals surface area (Å²) in [6.07, 6.45) is 1.00. The van der Waals surface area contributed by atoms with Gasteiger partial charge in [-0.2, -0.15) is 0 Å². The van der Waals surface area contributed by atoms with Crippen molar-refractivity contribution in [2.24, 2.45) is 0 Å². The summed E-state index contributed by atoms with van der Waals surface area (Å²) in [7, 11) is 0. The maximum atomic E-state index is 12.6. The molecule has 0 bridgehead atoms. The second kappa shape index (κ2) is 12.3. The second-order valence-corrected chi connectivity index (χ2v) is 7.96. The Labute approximate surface area is 181 Å². The predicted molar refractivity (Wildman–Crippen MR) is 120 cm³/mol. The van der Waals surface area contributed by atoms with Crippen molar-refractivity contribution in [3.63, 3.8) is 0 Å². The summed E-state index contributed by atoms with van der Waals surface area (Å²) in [6, 6.07) is 10.1. The van der Waals surface area contributed by atoms with Crippen molar-refractivity contribution in [2.75, 3.05) is 19.7 Å². The largest absolute Gasteiger partial charge is 0.463 e. The fraction of sp³-hybridized carbons (Fsp3) is 0.583. The highest BCUT2D eigenvalue weighted by atomic mass is 16.6. The minimum Gasteiger partial charge on any atom is -0.463 e. The van der Waals surface area contributed by atoms with Crippen LogP contribution in [-0.4, -0.2) is 42.3 Å². The Balaban J connectivity index is 0.00000218. The fourth-order valence-electron chi connectivity index (χ4n) is 3.10. The zero-order valence-electron chi connectivity index (χ0n) is 19.6. The van der Waals surface area contributed by atoms with Crippen LogP contribution in [-0.2, 0) is 14.3 Å². The molecule has 1 amide bonds. The lowest BCUT2D eigenvalue weighted by molar-refractivity contribution is -0.138. The Bertz CT molecular complexity index is 708. The molecule has 1 aromatic carbocycles. The number of ether oxygens (including phenoxy) is 2. The van der Waals surface area contributed by atoms with E-state index >= 15 is 0 Å². The van der Waals surface area contributed by atoms with Crippen molar-refractivity contribution in [1.82, 2.24) is 10.2 Å².